The number of rotatable bonds is 10. The number of nitrogens with one attached hydrogen (secondary N) is 1. The fraction of sp³-hybridized carbons (Fsp3) is 0.231. The summed E-state index contributed by atoms with van der Waals surface area (Å²) >= 11 is 0. The molecule has 1 atom stereocenters. The van der Waals surface area contributed by atoms with Gasteiger partial charge in [0.25, 0.3) is 5.91 Å². The molecule has 0 bridgehead atoms. The van der Waals surface area contributed by atoms with Gasteiger partial charge in [-0.15, -0.1) is 0 Å². The Morgan fingerprint density at radius 3 is 2.06 bits per heavy atom. The summed E-state index contributed by atoms with van der Waals surface area (Å²) in [7, 11) is 0. The molecule has 0 aliphatic heterocycles. The molecule has 0 saturated heterocycles. The molecule has 1 N–H and O–H groups in total. The van der Waals surface area contributed by atoms with E-state index in [1.54, 1.807) is 31.2 Å². The van der Waals surface area contributed by atoms with Gasteiger partial charge in [0.2, 0.25) is 0 Å². The van der Waals surface area contributed by atoms with Gasteiger partial charge in [0.1, 0.15) is 11.8 Å². The van der Waals surface area contributed by atoms with E-state index in [4.69, 9.17) is 9.47 Å². The summed E-state index contributed by atoms with van der Waals surface area (Å²) in [6, 6.07) is 25.8. The molecule has 3 aromatic carbocycles. The van der Waals surface area contributed by atoms with Crippen molar-refractivity contribution in [1.29, 1.82) is 0 Å². The second kappa shape index (κ2) is 11.6. The molecule has 0 radical (unpaired) electrons. The van der Waals surface area contributed by atoms with Crippen LogP contribution in [0.25, 0.3) is 0 Å². The lowest BCUT2D eigenvalue weighted by Crippen LogP contribution is -2.43. The summed E-state index contributed by atoms with van der Waals surface area (Å²) in [6.45, 7) is 2.56. The number of carbonyl (C=O) groups is 2. The van der Waals surface area contributed by atoms with Crippen molar-refractivity contribution in [3.05, 3.63) is 102 Å². The minimum absolute atomic E-state index is 0.259. The lowest BCUT2D eigenvalue weighted by Gasteiger charge is -2.17. The molecule has 31 heavy (non-hydrogen) atoms. The molecule has 3 rings (SSSR count). The number of carbonyl (C=O) groups excluding carboxylic acids is 2. The number of ether oxygens (including phenoxy) is 2. The van der Waals surface area contributed by atoms with Crippen LogP contribution < -0.4 is 10.1 Å². The van der Waals surface area contributed by atoms with E-state index in [0.29, 0.717) is 24.3 Å². The fourth-order valence-electron chi connectivity index (χ4n) is 3.16. The van der Waals surface area contributed by atoms with Gasteiger partial charge in [0, 0.05) is 18.4 Å². The molecule has 0 heterocycles. The van der Waals surface area contributed by atoms with Gasteiger partial charge in [0.15, 0.2) is 0 Å². The number of amides is 1. The molecule has 3 aromatic rings. The van der Waals surface area contributed by atoms with Gasteiger partial charge in [-0.1, -0.05) is 60.7 Å². The van der Waals surface area contributed by atoms with Gasteiger partial charge in [-0.25, -0.2) is 4.79 Å². The molecule has 0 saturated carbocycles. The third kappa shape index (κ3) is 7.00. The molecule has 160 valence electrons. The third-order valence-electron chi connectivity index (χ3n) is 4.78. The summed E-state index contributed by atoms with van der Waals surface area (Å²) in [5.74, 6) is -0.0795. The van der Waals surface area contributed by atoms with E-state index in [1.165, 1.54) is 5.56 Å². The van der Waals surface area contributed by atoms with E-state index in [9.17, 15) is 9.59 Å². The predicted molar refractivity (Wildman–Crippen MR) is 120 cm³/mol. The van der Waals surface area contributed by atoms with Crippen LogP contribution in [-0.4, -0.2) is 31.1 Å². The highest BCUT2D eigenvalue weighted by atomic mass is 16.5. The van der Waals surface area contributed by atoms with Gasteiger partial charge in [-0.05, 0) is 42.3 Å². The molecule has 5 nitrogen and oxygen atoms in total. The molecule has 5 heteroatoms. The molecule has 0 aliphatic carbocycles. The Kier molecular flexibility index (Phi) is 8.23. The monoisotopic (exact) mass is 417 g/mol. The number of benzene rings is 3. The van der Waals surface area contributed by atoms with Crippen LogP contribution in [0.1, 0.15) is 28.4 Å². The smallest absolute Gasteiger partial charge is 0.328 e. The van der Waals surface area contributed by atoms with Crippen molar-refractivity contribution in [2.75, 3.05) is 13.2 Å². The Bertz CT molecular complexity index is 956. The quantitative estimate of drug-likeness (QED) is 0.502. The Hall–Kier alpha value is -3.60. The maximum Gasteiger partial charge on any atom is 0.328 e. The van der Waals surface area contributed by atoms with Crippen molar-refractivity contribution >= 4 is 11.9 Å². The highest BCUT2D eigenvalue weighted by Gasteiger charge is 2.23. The van der Waals surface area contributed by atoms with Crippen molar-refractivity contribution in [3.8, 4) is 5.75 Å². The zero-order valence-electron chi connectivity index (χ0n) is 17.6. The summed E-state index contributed by atoms with van der Waals surface area (Å²) in [4.78, 5) is 25.1. The average molecular weight is 418 g/mol. The zero-order valence-corrected chi connectivity index (χ0v) is 17.6. The normalized spacial score (nSPS) is 11.4. The van der Waals surface area contributed by atoms with E-state index < -0.39 is 12.0 Å². The Labute approximate surface area is 183 Å². The Balaban J connectivity index is 1.57. The van der Waals surface area contributed by atoms with E-state index in [1.807, 2.05) is 48.5 Å². The van der Waals surface area contributed by atoms with E-state index in [2.05, 4.69) is 17.4 Å². The van der Waals surface area contributed by atoms with Crippen LogP contribution in [0.3, 0.4) is 0 Å². The van der Waals surface area contributed by atoms with Gasteiger partial charge >= 0.3 is 5.97 Å². The minimum Gasteiger partial charge on any atom is -0.493 e. The molecular weight excluding hydrogens is 390 g/mol. The highest BCUT2D eigenvalue weighted by Crippen LogP contribution is 2.14. The molecule has 1 unspecified atom stereocenters. The first-order valence-corrected chi connectivity index (χ1v) is 10.4. The minimum atomic E-state index is -0.753. The van der Waals surface area contributed by atoms with E-state index in [-0.39, 0.29) is 12.5 Å². The third-order valence-corrected chi connectivity index (χ3v) is 4.78. The van der Waals surface area contributed by atoms with Gasteiger partial charge in [0.05, 0.1) is 13.2 Å². The number of esters is 1. The summed E-state index contributed by atoms with van der Waals surface area (Å²) in [5, 5.41) is 2.80. The van der Waals surface area contributed by atoms with Crippen LogP contribution in [0.2, 0.25) is 0 Å². The lowest BCUT2D eigenvalue weighted by atomic mass is 10.1. The standard InChI is InChI=1S/C26H27NO4/c1-2-30-26(29)24(19-21-11-7-4-8-12-21)27-25(28)22-13-15-23(16-14-22)31-18-17-20-9-5-3-6-10-20/h3-16,24H,2,17-19H2,1H3,(H,27,28). The first-order chi connectivity index (χ1) is 15.2. The molecule has 0 fully saturated rings. The van der Waals surface area contributed by atoms with Gasteiger partial charge < -0.3 is 14.8 Å². The first-order valence-electron chi connectivity index (χ1n) is 10.4. The van der Waals surface area contributed by atoms with Gasteiger partial charge in [-0.3, -0.25) is 4.79 Å². The fourth-order valence-corrected chi connectivity index (χ4v) is 3.16. The summed E-state index contributed by atoms with van der Waals surface area (Å²) in [5.41, 5.74) is 2.61. The second-order valence-electron chi connectivity index (χ2n) is 7.08. The number of hydrogen-bond donors (Lipinski definition) is 1. The van der Waals surface area contributed by atoms with Crippen LogP contribution in [0.4, 0.5) is 0 Å². The maximum atomic E-state index is 12.7. The van der Waals surface area contributed by atoms with Gasteiger partial charge in [-0.2, -0.15) is 0 Å². The maximum absolute atomic E-state index is 12.7. The summed E-state index contributed by atoms with van der Waals surface area (Å²) in [6.07, 6.45) is 1.18. The van der Waals surface area contributed by atoms with Crippen molar-refractivity contribution in [2.24, 2.45) is 0 Å². The van der Waals surface area contributed by atoms with Crippen LogP contribution in [-0.2, 0) is 22.4 Å². The van der Waals surface area contributed by atoms with E-state index >= 15 is 0 Å². The average Bonchev–Trinajstić information content (AvgIpc) is 2.80. The molecule has 1 amide bonds. The van der Waals surface area contributed by atoms with Crippen molar-refractivity contribution in [1.82, 2.24) is 5.32 Å². The van der Waals surface area contributed by atoms with Crippen LogP contribution in [0.5, 0.6) is 5.75 Å². The lowest BCUT2D eigenvalue weighted by molar-refractivity contribution is -0.145. The Morgan fingerprint density at radius 2 is 1.45 bits per heavy atom. The molecule has 0 aliphatic rings. The molecular formula is C26H27NO4. The predicted octanol–water partition coefficient (Wildman–Crippen LogP) is 4.21. The summed E-state index contributed by atoms with van der Waals surface area (Å²) < 4.78 is 10.9. The zero-order chi connectivity index (χ0) is 21.9. The highest BCUT2D eigenvalue weighted by molar-refractivity contribution is 5.96. The van der Waals surface area contributed by atoms with Crippen molar-refractivity contribution in [3.63, 3.8) is 0 Å². The van der Waals surface area contributed by atoms with Crippen molar-refractivity contribution in [2.45, 2.75) is 25.8 Å². The Morgan fingerprint density at radius 1 is 0.839 bits per heavy atom. The SMILES string of the molecule is CCOC(=O)C(Cc1ccccc1)NC(=O)c1ccc(OCCc2ccccc2)cc1. The second-order valence-corrected chi connectivity index (χ2v) is 7.08. The van der Waals surface area contributed by atoms with Crippen LogP contribution >= 0.6 is 0 Å². The topological polar surface area (TPSA) is 64.6 Å². The number of hydrogen-bond acceptors (Lipinski definition) is 4. The van der Waals surface area contributed by atoms with Crippen LogP contribution in [0.15, 0.2) is 84.9 Å². The molecule has 0 spiro atoms. The first kappa shape index (κ1) is 22.1. The van der Waals surface area contributed by atoms with Crippen molar-refractivity contribution < 1.29 is 19.1 Å². The van der Waals surface area contributed by atoms with E-state index in [0.717, 1.165) is 12.0 Å². The largest absolute Gasteiger partial charge is 0.493 e. The van der Waals surface area contributed by atoms with Crippen LogP contribution in [0, 0.1) is 0 Å². The molecule has 0 aromatic heterocycles.